The van der Waals surface area contributed by atoms with Gasteiger partial charge in [0, 0.05) is 18.6 Å². The molecule has 1 aliphatic carbocycles. The van der Waals surface area contributed by atoms with Crippen molar-refractivity contribution in [2.45, 2.75) is 26.2 Å². The maximum atomic E-state index is 11.2. The number of sulfonamides is 1. The van der Waals surface area contributed by atoms with Gasteiger partial charge in [-0.15, -0.1) is 0 Å². The van der Waals surface area contributed by atoms with Crippen LogP contribution in [0.15, 0.2) is 0 Å². The van der Waals surface area contributed by atoms with Gasteiger partial charge >= 0.3 is 0 Å². The quantitative estimate of drug-likeness (QED) is 0.648. The van der Waals surface area contributed by atoms with Crippen molar-refractivity contribution in [1.82, 2.24) is 4.72 Å². The molecule has 1 saturated carbocycles. The number of rotatable bonds is 6. The maximum Gasteiger partial charge on any atom is 0.211 e. The van der Waals surface area contributed by atoms with E-state index in [4.69, 9.17) is 5.11 Å². The molecule has 0 aromatic heterocycles. The third kappa shape index (κ3) is 3.25. The highest BCUT2D eigenvalue weighted by Crippen LogP contribution is 2.44. The molecule has 0 atom stereocenters. The molecule has 2 N–H and O–H groups in total. The Morgan fingerprint density at radius 2 is 2.08 bits per heavy atom. The Kier molecular flexibility index (Phi) is 3.32. The van der Waals surface area contributed by atoms with Gasteiger partial charge in [0.25, 0.3) is 0 Å². The summed E-state index contributed by atoms with van der Waals surface area (Å²) in [7, 11) is -3.10. The van der Waals surface area contributed by atoms with Gasteiger partial charge < -0.3 is 5.11 Å². The Hall–Kier alpha value is -0.130. The lowest BCUT2D eigenvalue weighted by atomic mass is 10.1. The normalized spacial score (nSPS) is 20.2. The molecule has 4 nitrogen and oxygen atoms in total. The zero-order valence-corrected chi connectivity index (χ0v) is 8.73. The van der Waals surface area contributed by atoms with Crippen LogP contribution in [-0.2, 0) is 10.0 Å². The molecular weight excluding hydrogens is 190 g/mol. The number of hydrogen-bond acceptors (Lipinski definition) is 3. The van der Waals surface area contributed by atoms with Crippen LogP contribution in [0, 0.1) is 5.41 Å². The molecule has 0 heterocycles. The van der Waals surface area contributed by atoms with Gasteiger partial charge in [0.05, 0.1) is 5.75 Å². The third-order valence-electron chi connectivity index (χ3n) is 2.43. The largest absolute Gasteiger partial charge is 0.396 e. The average molecular weight is 207 g/mol. The van der Waals surface area contributed by atoms with Crippen LogP contribution in [0.5, 0.6) is 0 Å². The lowest BCUT2D eigenvalue weighted by Gasteiger charge is -2.12. The summed E-state index contributed by atoms with van der Waals surface area (Å²) in [6, 6.07) is 0. The monoisotopic (exact) mass is 207 g/mol. The molecule has 5 heteroatoms. The molecule has 0 bridgehead atoms. The first-order chi connectivity index (χ1) is 6.04. The van der Waals surface area contributed by atoms with E-state index in [-0.39, 0.29) is 17.8 Å². The van der Waals surface area contributed by atoms with Crippen molar-refractivity contribution in [3.05, 3.63) is 0 Å². The Bertz CT molecular complexity index is 257. The molecule has 78 valence electrons. The fraction of sp³-hybridized carbons (Fsp3) is 1.00. The number of hydrogen-bond donors (Lipinski definition) is 2. The smallest absolute Gasteiger partial charge is 0.211 e. The van der Waals surface area contributed by atoms with Gasteiger partial charge in [-0.3, -0.25) is 0 Å². The van der Waals surface area contributed by atoms with Gasteiger partial charge in [0.15, 0.2) is 0 Å². The molecule has 0 unspecified atom stereocenters. The molecule has 0 aromatic carbocycles. The maximum absolute atomic E-state index is 11.2. The Labute approximate surface area is 79.4 Å². The first-order valence-corrected chi connectivity index (χ1v) is 6.27. The minimum atomic E-state index is -3.10. The number of nitrogens with one attached hydrogen (secondary N) is 1. The predicted octanol–water partition coefficient (Wildman–Crippen LogP) is 0.0883. The van der Waals surface area contributed by atoms with E-state index < -0.39 is 10.0 Å². The minimum Gasteiger partial charge on any atom is -0.396 e. The van der Waals surface area contributed by atoms with Crippen molar-refractivity contribution in [3.8, 4) is 0 Å². The van der Waals surface area contributed by atoms with Gasteiger partial charge in [-0.2, -0.15) is 0 Å². The molecule has 0 amide bonds. The van der Waals surface area contributed by atoms with Crippen molar-refractivity contribution in [2.24, 2.45) is 5.41 Å². The molecule has 0 spiro atoms. The number of aliphatic hydroxyl groups excluding tert-OH is 1. The molecule has 1 fully saturated rings. The van der Waals surface area contributed by atoms with Crippen LogP contribution in [-0.4, -0.2) is 32.4 Å². The second-order valence-corrected chi connectivity index (χ2v) is 5.72. The van der Waals surface area contributed by atoms with Gasteiger partial charge in [0.2, 0.25) is 10.0 Å². The van der Waals surface area contributed by atoms with E-state index in [0.29, 0.717) is 13.0 Å². The van der Waals surface area contributed by atoms with Crippen LogP contribution in [0.25, 0.3) is 0 Å². The summed E-state index contributed by atoms with van der Waals surface area (Å²) in [6.07, 6.45) is 2.48. The van der Waals surface area contributed by atoms with Crippen LogP contribution >= 0.6 is 0 Å². The molecular formula is C8H17NO3S. The molecule has 1 aliphatic rings. The molecule has 13 heavy (non-hydrogen) atoms. The summed E-state index contributed by atoms with van der Waals surface area (Å²) in [5.41, 5.74) is -0.138. The van der Waals surface area contributed by atoms with E-state index >= 15 is 0 Å². The van der Waals surface area contributed by atoms with Crippen LogP contribution in [0.2, 0.25) is 0 Å². The topological polar surface area (TPSA) is 66.4 Å². The standard InChI is InChI=1S/C8H17NO3S/c1-2-5-13(11,12)9-6-8(7-10)3-4-8/h9-10H,2-7H2,1H3. The fourth-order valence-electron chi connectivity index (χ4n) is 1.17. The summed E-state index contributed by atoms with van der Waals surface area (Å²) in [5.74, 6) is 0.175. The molecule has 0 saturated heterocycles. The lowest BCUT2D eigenvalue weighted by molar-refractivity contribution is 0.213. The molecule has 0 radical (unpaired) electrons. The summed E-state index contributed by atoms with van der Waals surface area (Å²) in [4.78, 5) is 0. The zero-order valence-electron chi connectivity index (χ0n) is 7.91. The van der Waals surface area contributed by atoms with E-state index in [1.807, 2.05) is 6.92 Å². The van der Waals surface area contributed by atoms with Crippen LogP contribution in [0.1, 0.15) is 26.2 Å². The fourth-order valence-corrected chi connectivity index (χ4v) is 2.38. The van der Waals surface area contributed by atoms with Crippen molar-refractivity contribution in [2.75, 3.05) is 18.9 Å². The van der Waals surface area contributed by atoms with Gasteiger partial charge in [-0.1, -0.05) is 6.92 Å². The Morgan fingerprint density at radius 3 is 2.46 bits per heavy atom. The van der Waals surface area contributed by atoms with E-state index in [9.17, 15) is 8.42 Å². The van der Waals surface area contributed by atoms with Gasteiger partial charge in [-0.25, -0.2) is 13.1 Å². The second-order valence-electron chi connectivity index (χ2n) is 3.80. The van der Waals surface area contributed by atoms with E-state index in [1.54, 1.807) is 0 Å². The molecule has 0 aromatic rings. The van der Waals surface area contributed by atoms with E-state index in [2.05, 4.69) is 4.72 Å². The first-order valence-electron chi connectivity index (χ1n) is 4.62. The zero-order chi connectivity index (χ0) is 9.95. The van der Waals surface area contributed by atoms with Crippen LogP contribution < -0.4 is 4.72 Å². The summed E-state index contributed by atoms with van der Waals surface area (Å²) in [6.45, 7) is 2.31. The van der Waals surface area contributed by atoms with Crippen molar-refractivity contribution in [3.63, 3.8) is 0 Å². The second kappa shape index (κ2) is 3.94. The lowest BCUT2D eigenvalue weighted by Crippen LogP contribution is -2.33. The highest BCUT2D eigenvalue weighted by Gasteiger charge is 2.42. The minimum absolute atomic E-state index is 0.0850. The summed E-state index contributed by atoms with van der Waals surface area (Å²) in [5, 5.41) is 8.95. The summed E-state index contributed by atoms with van der Waals surface area (Å²) < 4.78 is 25.0. The average Bonchev–Trinajstić information content (AvgIpc) is 2.82. The van der Waals surface area contributed by atoms with Gasteiger partial charge in [0.1, 0.15) is 0 Å². The van der Waals surface area contributed by atoms with Crippen molar-refractivity contribution < 1.29 is 13.5 Å². The number of aliphatic hydroxyl groups is 1. The third-order valence-corrected chi connectivity index (χ3v) is 3.96. The summed E-state index contributed by atoms with van der Waals surface area (Å²) >= 11 is 0. The molecule has 1 rings (SSSR count). The van der Waals surface area contributed by atoms with Crippen molar-refractivity contribution in [1.29, 1.82) is 0 Å². The predicted molar refractivity (Wildman–Crippen MR) is 50.8 cm³/mol. The highest BCUT2D eigenvalue weighted by molar-refractivity contribution is 7.89. The Morgan fingerprint density at radius 1 is 1.46 bits per heavy atom. The molecule has 0 aliphatic heterocycles. The van der Waals surface area contributed by atoms with Gasteiger partial charge in [-0.05, 0) is 19.3 Å². The SMILES string of the molecule is CCCS(=O)(=O)NCC1(CO)CC1. The Balaban J connectivity index is 2.33. The first kappa shape index (κ1) is 10.9. The van der Waals surface area contributed by atoms with E-state index in [1.165, 1.54) is 0 Å². The van der Waals surface area contributed by atoms with Crippen molar-refractivity contribution >= 4 is 10.0 Å². The highest BCUT2D eigenvalue weighted by atomic mass is 32.2. The van der Waals surface area contributed by atoms with E-state index in [0.717, 1.165) is 12.8 Å². The van der Waals surface area contributed by atoms with Crippen LogP contribution in [0.4, 0.5) is 0 Å². The van der Waals surface area contributed by atoms with Crippen LogP contribution in [0.3, 0.4) is 0 Å².